The number of carbonyl (C=O) groups excluding carboxylic acids is 3. The molecule has 0 bridgehead atoms. The van der Waals surface area contributed by atoms with Crippen molar-refractivity contribution in [3.05, 3.63) is 48.4 Å². The van der Waals surface area contributed by atoms with E-state index in [4.69, 9.17) is 4.74 Å². The summed E-state index contributed by atoms with van der Waals surface area (Å²) in [4.78, 5) is 43.3. The smallest absolute Gasteiger partial charge is 0.416 e. The Bertz CT molecular complexity index is 1230. The number of amides is 3. The predicted octanol–water partition coefficient (Wildman–Crippen LogP) is 1.59. The highest BCUT2D eigenvalue weighted by Crippen LogP contribution is 2.40. The molecule has 2 atom stereocenters. The van der Waals surface area contributed by atoms with Crippen LogP contribution < -0.4 is 4.90 Å². The average Bonchev–Trinajstić information content (AvgIpc) is 3.54. The molecule has 12 heteroatoms. The number of fused-ring (bicyclic) bond motifs is 3. The number of benzene rings is 1. The van der Waals surface area contributed by atoms with E-state index < -0.39 is 24.2 Å². The number of hydrogen-bond donors (Lipinski definition) is 0. The van der Waals surface area contributed by atoms with Gasteiger partial charge in [-0.05, 0) is 52.2 Å². The first-order chi connectivity index (χ1) is 16.0. The lowest BCUT2D eigenvalue weighted by molar-refractivity contribution is -0.128. The zero-order chi connectivity index (χ0) is 23.1. The van der Waals surface area contributed by atoms with Gasteiger partial charge in [0.25, 0.3) is 0 Å². The van der Waals surface area contributed by atoms with Crippen molar-refractivity contribution in [2.45, 2.75) is 25.5 Å². The molecule has 0 spiro atoms. The summed E-state index contributed by atoms with van der Waals surface area (Å²) >= 11 is 0. The molecule has 0 radical (unpaired) electrons. The number of aromatic nitrogens is 5. The standard InChI is InChI=1S/C21H19N7O5/c1-12(29)26(20(30)32-2)10-18-17-8-15-7-13(3-5-16(15)28(17)21(31)33-18)14-4-6-19(22-9-14)27-11-23-24-25-27/h3-7,9,11,17-18H,8,10H2,1-2H3/t17-,18-/m0/s1. The summed E-state index contributed by atoms with van der Waals surface area (Å²) in [6.45, 7) is 1.19. The molecular formula is C21H19N7O5. The maximum Gasteiger partial charge on any atom is 0.416 e. The number of imide groups is 1. The summed E-state index contributed by atoms with van der Waals surface area (Å²) in [6.07, 6.45) is 1.78. The van der Waals surface area contributed by atoms with Gasteiger partial charge in [-0.2, -0.15) is 4.68 Å². The molecule has 2 aromatic heterocycles. The number of hydrogen-bond acceptors (Lipinski definition) is 9. The number of nitrogens with zero attached hydrogens (tertiary/aromatic N) is 7. The van der Waals surface area contributed by atoms with E-state index >= 15 is 0 Å². The van der Waals surface area contributed by atoms with Crippen LogP contribution >= 0.6 is 0 Å². The number of tetrazole rings is 1. The molecule has 1 saturated heterocycles. The summed E-state index contributed by atoms with van der Waals surface area (Å²) in [5.41, 5.74) is 3.56. The van der Waals surface area contributed by atoms with E-state index in [1.165, 1.54) is 25.0 Å². The van der Waals surface area contributed by atoms with Gasteiger partial charge in [0.1, 0.15) is 12.4 Å². The summed E-state index contributed by atoms with van der Waals surface area (Å²) in [7, 11) is 1.20. The fraction of sp³-hybridized carbons (Fsp3) is 0.286. The lowest BCUT2D eigenvalue weighted by atomic mass is 10.0. The van der Waals surface area contributed by atoms with Crippen LogP contribution in [0.1, 0.15) is 12.5 Å². The van der Waals surface area contributed by atoms with E-state index in [1.54, 1.807) is 11.1 Å². The summed E-state index contributed by atoms with van der Waals surface area (Å²) in [5.74, 6) is 0.114. The monoisotopic (exact) mass is 449 g/mol. The van der Waals surface area contributed by atoms with Crippen LogP contribution in [-0.4, -0.2) is 74.0 Å². The number of ether oxygens (including phenoxy) is 2. The molecule has 3 amide bonds. The Morgan fingerprint density at radius 3 is 2.73 bits per heavy atom. The van der Waals surface area contributed by atoms with Gasteiger partial charge in [-0.15, -0.1) is 5.10 Å². The van der Waals surface area contributed by atoms with Gasteiger partial charge in [-0.3, -0.25) is 9.69 Å². The van der Waals surface area contributed by atoms with E-state index in [9.17, 15) is 14.4 Å². The largest absolute Gasteiger partial charge is 0.452 e. The lowest BCUT2D eigenvalue weighted by Crippen LogP contribution is -2.45. The number of cyclic esters (lactones) is 1. The Morgan fingerprint density at radius 1 is 1.24 bits per heavy atom. The van der Waals surface area contributed by atoms with Crippen molar-refractivity contribution in [3.8, 4) is 16.9 Å². The van der Waals surface area contributed by atoms with Crippen LogP contribution in [0.15, 0.2) is 42.9 Å². The molecule has 0 N–H and O–H groups in total. The summed E-state index contributed by atoms with van der Waals surface area (Å²) < 4.78 is 11.6. The quantitative estimate of drug-likeness (QED) is 0.582. The van der Waals surface area contributed by atoms with Gasteiger partial charge in [0.05, 0.1) is 25.4 Å². The van der Waals surface area contributed by atoms with Gasteiger partial charge < -0.3 is 9.47 Å². The van der Waals surface area contributed by atoms with Gasteiger partial charge in [0.15, 0.2) is 5.82 Å². The number of carbonyl (C=O) groups is 3. The molecule has 2 aliphatic heterocycles. The molecule has 0 aliphatic carbocycles. The van der Waals surface area contributed by atoms with Crippen LogP contribution in [0.3, 0.4) is 0 Å². The van der Waals surface area contributed by atoms with Crippen molar-refractivity contribution in [3.63, 3.8) is 0 Å². The molecule has 5 rings (SSSR count). The van der Waals surface area contributed by atoms with Crippen LogP contribution in [-0.2, 0) is 20.7 Å². The van der Waals surface area contributed by atoms with Crippen LogP contribution in [0.5, 0.6) is 0 Å². The molecule has 0 saturated carbocycles. The number of anilines is 1. The molecule has 2 aliphatic rings. The number of methoxy groups -OCH3 is 1. The molecule has 1 fully saturated rings. The fourth-order valence-electron chi connectivity index (χ4n) is 4.19. The summed E-state index contributed by atoms with van der Waals surface area (Å²) in [6, 6.07) is 9.19. The second kappa shape index (κ2) is 7.97. The molecule has 168 valence electrons. The molecule has 1 aromatic carbocycles. The van der Waals surface area contributed by atoms with Gasteiger partial charge in [0.2, 0.25) is 5.91 Å². The van der Waals surface area contributed by atoms with Crippen LogP contribution in [0.4, 0.5) is 15.3 Å². The Kier molecular flexibility index (Phi) is 4.96. The minimum Gasteiger partial charge on any atom is -0.452 e. The van der Waals surface area contributed by atoms with Crippen molar-refractivity contribution in [1.29, 1.82) is 0 Å². The Morgan fingerprint density at radius 2 is 2.06 bits per heavy atom. The highest BCUT2D eigenvalue weighted by molar-refractivity contribution is 5.95. The average molecular weight is 449 g/mol. The minimum absolute atomic E-state index is 0.0711. The van der Waals surface area contributed by atoms with Crippen molar-refractivity contribution < 1.29 is 23.9 Å². The third-order valence-corrected chi connectivity index (χ3v) is 5.78. The number of rotatable bonds is 4. The predicted molar refractivity (Wildman–Crippen MR) is 112 cm³/mol. The zero-order valence-electron chi connectivity index (χ0n) is 17.8. The number of pyridine rings is 1. The van der Waals surface area contributed by atoms with Crippen molar-refractivity contribution in [1.82, 2.24) is 30.1 Å². The van der Waals surface area contributed by atoms with Crippen molar-refractivity contribution in [2.75, 3.05) is 18.6 Å². The van der Waals surface area contributed by atoms with Gasteiger partial charge in [-0.25, -0.2) is 19.5 Å². The molecular weight excluding hydrogens is 430 g/mol. The van der Waals surface area contributed by atoms with Crippen LogP contribution in [0.25, 0.3) is 16.9 Å². The lowest BCUT2D eigenvalue weighted by Gasteiger charge is -2.23. The Balaban J connectivity index is 1.38. The minimum atomic E-state index is -0.785. The van der Waals surface area contributed by atoms with E-state index in [-0.39, 0.29) is 12.6 Å². The van der Waals surface area contributed by atoms with E-state index in [0.717, 1.165) is 27.3 Å². The molecule has 33 heavy (non-hydrogen) atoms. The Labute approximate surface area is 187 Å². The Hall–Kier alpha value is -4.35. The first-order valence-electron chi connectivity index (χ1n) is 10.1. The van der Waals surface area contributed by atoms with E-state index in [0.29, 0.717) is 12.2 Å². The second-order valence-corrected chi connectivity index (χ2v) is 7.67. The van der Waals surface area contributed by atoms with E-state index in [1.807, 2.05) is 30.3 Å². The maximum absolute atomic E-state index is 12.6. The van der Waals surface area contributed by atoms with E-state index in [2.05, 4.69) is 25.2 Å². The highest BCUT2D eigenvalue weighted by atomic mass is 16.6. The summed E-state index contributed by atoms with van der Waals surface area (Å²) in [5, 5.41) is 11.0. The molecule has 0 unspecified atom stereocenters. The third kappa shape index (κ3) is 3.54. The SMILES string of the molecule is COC(=O)N(C[C@@H]1OC(=O)N2c3ccc(-c4ccc(-n5cnnn5)nc4)cc3C[C@@H]12)C(C)=O. The van der Waals surface area contributed by atoms with Crippen LogP contribution in [0, 0.1) is 0 Å². The normalized spacial score (nSPS) is 18.5. The second-order valence-electron chi connectivity index (χ2n) is 7.67. The molecule has 3 aromatic rings. The third-order valence-electron chi connectivity index (χ3n) is 5.78. The van der Waals surface area contributed by atoms with Crippen molar-refractivity contribution >= 4 is 23.8 Å². The first-order valence-corrected chi connectivity index (χ1v) is 10.1. The zero-order valence-corrected chi connectivity index (χ0v) is 17.8. The molecule has 4 heterocycles. The topological polar surface area (TPSA) is 133 Å². The van der Waals surface area contributed by atoms with Gasteiger partial charge in [-0.1, -0.05) is 6.07 Å². The highest BCUT2D eigenvalue weighted by Gasteiger charge is 2.48. The van der Waals surface area contributed by atoms with Crippen molar-refractivity contribution in [2.24, 2.45) is 0 Å². The van der Waals surface area contributed by atoms with Gasteiger partial charge in [0, 0.05) is 18.7 Å². The van der Waals surface area contributed by atoms with Gasteiger partial charge >= 0.3 is 12.2 Å². The fourth-order valence-corrected chi connectivity index (χ4v) is 4.19. The van der Waals surface area contributed by atoms with Crippen LogP contribution in [0.2, 0.25) is 0 Å². The molecule has 12 nitrogen and oxygen atoms in total. The maximum atomic E-state index is 12.6. The first kappa shape index (κ1) is 20.5.